The number of aromatic nitrogens is 2. The van der Waals surface area contributed by atoms with Gasteiger partial charge in [-0.1, -0.05) is 0 Å². The summed E-state index contributed by atoms with van der Waals surface area (Å²) in [6.07, 6.45) is 0.794. The van der Waals surface area contributed by atoms with E-state index in [0.29, 0.717) is 0 Å². The predicted octanol–water partition coefficient (Wildman–Crippen LogP) is 0.604. The molecule has 0 fully saturated rings. The van der Waals surface area contributed by atoms with Gasteiger partial charge in [0.05, 0.1) is 21.8 Å². The first-order valence-corrected chi connectivity index (χ1v) is 4.33. The molecule has 0 atom stereocenters. The molecule has 0 unspecified atom stereocenters. The Hall–Kier alpha value is -1.85. The summed E-state index contributed by atoms with van der Waals surface area (Å²) < 4.78 is 0. The highest BCUT2D eigenvalue weighted by Crippen LogP contribution is 2.18. The largest absolute Gasteiger partial charge is 0.342 e. The van der Waals surface area contributed by atoms with Crippen LogP contribution in [0.1, 0.15) is 5.82 Å². The third-order valence-corrected chi connectivity index (χ3v) is 2.06. The van der Waals surface area contributed by atoms with Crippen LogP contribution in [-0.4, -0.2) is 22.7 Å². The van der Waals surface area contributed by atoms with Crippen molar-refractivity contribution in [3.05, 3.63) is 34.1 Å². The maximum atomic E-state index is 10.5. The summed E-state index contributed by atoms with van der Waals surface area (Å²) in [6, 6.07) is 4.62. The average molecular weight is 189 g/mol. The van der Waals surface area contributed by atoms with Gasteiger partial charge in [0.25, 0.3) is 5.69 Å². The van der Waals surface area contributed by atoms with Crippen LogP contribution in [0.25, 0.3) is 11.0 Å². The van der Waals surface area contributed by atoms with Crippen LogP contribution in [0, 0.1) is 10.1 Å². The zero-order valence-corrected chi connectivity index (χ0v) is 7.65. The Morgan fingerprint density at radius 3 is 3.00 bits per heavy atom. The summed E-state index contributed by atoms with van der Waals surface area (Å²) in [5.74, 6) is 0.848. The van der Waals surface area contributed by atoms with E-state index >= 15 is 0 Å². The Balaban J connectivity index is 2.59. The number of non-ortho nitro benzene ring substituents is 1. The van der Waals surface area contributed by atoms with Gasteiger partial charge in [-0.3, -0.25) is 10.1 Å². The van der Waals surface area contributed by atoms with E-state index in [1.165, 1.54) is 12.1 Å². The lowest BCUT2D eigenvalue weighted by molar-refractivity contribution is -0.384. The summed E-state index contributed by atoms with van der Waals surface area (Å²) in [4.78, 5) is 17.4. The first-order chi connectivity index (χ1) is 6.70. The molecule has 5 nitrogen and oxygen atoms in total. The number of nitrogens with zero attached hydrogens (tertiary/aromatic N) is 2. The molecule has 0 aliphatic rings. The molecule has 2 aromatic rings. The fourth-order valence-corrected chi connectivity index (χ4v) is 1.33. The fraction of sp³-hybridized carbons (Fsp3) is 0.125. The second-order valence-electron chi connectivity index (χ2n) is 3.00. The van der Waals surface area contributed by atoms with Gasteiger partial charge in [-0.2, -0.15) is 0 Å². The normalized spacial score (nSPS) is 10.6. The van der Waals surface area contributed by atoms with Crippen molar-refractivity contribution < 1.29 is 4.92 Å². The zero-order valence-electron chi connectivity index (χ0n) is 7.65. The van der Waals surface area contributed by atoms with E-state index in [0.717, 1.165) is 23.2 Å². The van der Waals surface area contributed by atoms with E-state index in [9.17, 15) is 10.1 Å². The highest BCUT2D eigenvalue weighted by molar-refractivity contribution is 6.08. The molecule has 0 radical (unpaired) electrons. The molecule has 0 bridgehead atoms. The minimum atomic E-state index is -0.411. The van der Waals surface area contributed by atoms with Crippen molar-refractivity contribution >= 4 is 24.6 Å². The Morgan fingerprint density at radius 1 is 1.57 bits per heavy atom. The van der Waals surface area contributed by atoms with Crippen LogP contribution in [-0.2, 0) is 6.32 Å². The third-order valence-electron chi connectivity index (χ3n) is 2.06. The van der Waals surface area contributed by atoms with Gasteiger partial charge in [-0.25, -0.2) is 4.98 Å². The lowest BCUT2D eigenvalue weighted by Gasteiger charge is -1.89. The van der Waals surface area contributed by atoms with Gasteiger partial charge in [0, 0.05) is 12.1 Å². The van der Waals surface area contributed by atoms with Gasteiger partial charge >= 0.3 is 0 Å². The minimum Gasteiger partial charge on any atom is -0.342 e. The monoisotopic (exact) mass is 189 g/mol. The van der Waals surface area contributed by atoms with Crippen LogP contribution in [0.2, 0.25) is 0 Å². The topological polar surface area (TPSA) is 71.8 Å². The number of fused-ring (bicyclic) bond motifs is 1. The van der Waals surface area contributed by atoms with E-state index in [4.69, 9.17) is 0 Å². The molecule has 0 saturated carbocycles. The van der Waals surface area contributed by atoms with Crippen LogP contribution in [0.5, 0.6) is 0 Å². The number of H-pyrrole nitrogens is 1. The third kappa shape index (κ3) is 1.35. The van der Waals surface area contributed by atoms with Gasteiger partial charge in [0.2, 0.25) is 0 Å². The number of nitrogens with one attached hydrogen (secondary N) is 1. The molecule has 14 heavy (non-hydrogen) atoms. The van der Waals surface area contributed by atoms with Crippen molar-refractivity contribution in [3.8, 4) is 0 Å². The van der Waals surface area contributed by atoms with Gasteiger partial charge in [-0.15, -0.1) is 0 Å². The summed E-state index contributed by atoms with van der Waals surface area (Å²) >= 11 is 0. The second-order valence-corrected chi connectivity index (χ2v) is 3.00. The zero-order chi connectivity index (χ0) is 10.1. The van der Waals surface area contributed by atoms with Gasteiger partial charge < -0.3 is 4.98 Å². The maximum Gasteiger partial charge on any atom is 0.271 e. The lowest BCUT2D eigenvalue weighted by atomic mass is 10.1. The molecular formula is C8H8BN3O2. The van der Waals surface area contributed by atoms with Crippen LogP contribution in [0.4, 0.5) is 5.69 Å². The molecule has 6 heteroatoms. The van der Waals surface area contributed by atoms with E-state index < -0.39 is 4.92 Å². The van der Waals surface area contributed by atoms with Crippen LogP contribution in [0.15, 0.2) is 18.2 Å². The summed E-state index contributed by atoms with van der Waals surface area (Å²) in [5, 5.41) is 10.5. The van der Waals surface area contributed by atoms with Crippen LogP contribution in [0.3, 0.4) is 0 Å². The number of rotatable bonds is 2. The van der Waals surface area contributed by atoms with E-state index in [1.54, 1.807) is 6.07 Å². The number of aromatic amines is 1. The van der Waals surface area contributed by atoms with Crippen LogP contribution < -0.4 is 0 Å². The molecule has 0 aliphatic carbocycles. The predicted molar refractivity (Wildman–Crippen MR) is 55.0 cm³/mol. The highest BCUT2D eigenvalue weighted by Gasteiger charge is 2.08. The van der Waals surface area contributed by atoms with E-state index in [2.05, 4.69) is 9.97 Å². The summed E-state index contributed by atoms with van der Waals surface area (Å²) in [6.45, 7) is 0. The number of benzene rings is 1. The SMILES string of the molecule is BCc1nc2ccc([N+](=O)[O-])cc2[nH]1. The lowest BCUT2D eigenvalue weighted by Crippen LogP contribution is -1.86. The van der Waals surface area contributed by atoms with Gasteiger partial charge in [0.1, 0.15) is 7.85 Å². The Labute approximate surface area is 80.7 Å². The molecular weight excluding hydrogens is 181 g/mol. The van der Waals surface area contributed by atoms with Crippen molar-refractivity contribution in [2.24, 2.45) is 0 Å². The molecule has 0 aliphatic heterocycles. The highest BCUT2D eigenvalue weighted by atomic mass is 16.6. The summed E-state index contributed by atoms with van der Waals surface area (Å²) in [5.41, 5.74) is 1.58. The molecule has 0 spiro atoms. The van der Waals surface area contributed by atoms with Gasteiger partial charge in [-0.05, 0) is 12.4 Å². The molecule has 2 rings (SSSR count). The maximum absolute atomic E-state index is 10.5. The van der Waals surface area contributed by atoms with E-state index in [1.807, 2.05) is 7.85 Å². The van der Waals surface area contributed by atoms with Crippen molar-refractivity contribution in [2.75, 3.05) is 0 Å². The first kappa shape index (κ1) is 8.74. The molecule has 1 aromatic carbocycles. The Bertz CT molecular complexity index is 494. The number of hydrogen-bond acceptors (Lipinski definition) is 3. The van der Waals surface area contributed by atoms with Crippen molar-refractivity contribution in [1.29, 1.82) is 0 Å². The van der Waals surface area contributed by atoms with Crippen LogP contribution >= 0.6 is 0 Å². The molecule has 1 heterocycles. The van der Waals surface area contributed by atoms with Crippen molar-refractivity contribution in [2.45, 2.75) is 6.32 Å². The molecule has 0 amide bonds. The van der Waals surface area contributed by atoms with E-state index in [-0.39, 0.29) is 5.69 Å². The number of imidazole rings is 1. The quantitative estimate of drug-likeness (QED) is 0.427. The average Bonchev–Trinajstić information content (AvgIpc) is 2.58. The molecule has 70 valence electrons. The summed E-state index contributed by atoms with van der Waals surface area (Å²) in [7, 11) is 1.98. The number of hydrogen-bond donors (Lipinski definition) is 1. The smallest absolute Gasteiger partial charge is 0.271 e. The van der Waals surface area contributed by atoms with Crippen molar-refractivity contribution in [3.63, 3.8) is 0 Å². The Morgan fingerprint density at radius 2 is 2.36 bits per heavy atom. The molecule has 0 saturated heterocycles. The fourth-order valence-electron chi connectivity index (χ4n) is 1.33. The standard InChI is InChI=1S/C8H8BN3O2/c9-4-8-10-6-2-1-5(12(13)14)3-7(6)11-8/h1-3H,4,9H2,(H,10,11). The second kappa shape index (κ2) is 3.14. The van der Waals surface area contributed by atoms with Gasteiger partial charge in [0.15, 0.2) is 0 Å². The number of nitro benzene ring substituents is 1. The van der Waals surface area contributed by atoms with Crippen molar-refractivity contribution in [1.82, 2.24) is 9.97 Å². The number of nitro groups is 1. The Kier molecular flexibility index (Phi) is 1.96. The molecule has 1 aromatic heterocycles. The minimum absolute atomic E-state index is 0.0869. The molecule has 1 N–H and O–H groups in total. The first-order valence-electron chi connectivity index (χ1n) is 4.33.